The minimum Gasteiger partial charge on any atom is -0.298 e. The van der Waals surface area contributed by atoms with Crippen LogP contribution in [0.3, 0.4) is 0 Å². The highest BCUT2D eigenvalue weighted by Crippen LogP contribution is 2.25. The second kappa shape index (κ2) is 6.68. The second-order valence-electron chi connectivity index (χ2n) is 6.28. The highest BCUT2D eigenvalue weighted by molar-refractivity contribution is 7.89. The number of halogens is 1. The molecule has 1 aliphatic carbocycles. The van der Waals surface area contributed by atoms with Crippen LogP contribution in [-0.2, 0) is 41.1 Å². The summed E-state index contributed by atoms with van der Waals surface area (Å²) in [5.74, 6) is -0.714. The van der Waals surface area contributed by atoms with Crippen LogP contribution in [0.5, 0.6) is 0 Å². The van der Waals surface area contributed by atoms with E-state index >= 15 is 0 Å². The summed E-state index contributed by atoms with van der Waals surface area (Å²) >= 11 is 0. The Labute approximate surface area is 146 Å². The van der Waals surface area contributed by atoms with Gasteiger partial charge < -0.3 is 0 Å². The molecule has 1 aromatic heterocycles. The van der Waals surface area contributed by atoms with Gasteiger partial charge in [0.15, 0.2) is 5.78 Å². The molecule has 1 aliphatic rings. The highest BCUT2D eigenvalue weighted by atomic mass is 32.2. The van der Waals surface area contributed by atoms with Crippen molar-refractivity contribution in [3.05, 3.63) is 47.0 Å². The minimum atomic E-state index is -3.83. The van der Waals surface area contributed by atoms with Gasteiger partial charge in [0.2, 0.25) is 10.0 Å². The normalized spacial score (nSPS) is 14.1. The van der Waals surface area contributed by atoms with Gasteiger partial charge in [0, 0.05) is 19.8 Å². The topological polar surface area (TPSA) is 72.3 Å². The van der Waals surface area contributed by atoms with E-state index < -0.39 is 15.8 Å². The summed E-state index contributed by atoms with van der Waals surface area (Å²) < 4.78 is 40.6. The lowest BCUT2D eigenvalue weighted by atomic mass is 10.1. The number of nitrogens with zero attached hydrogens (tertiary/aromatic N) is 3. The van der Waals surface area contributed by atoms with Crippen LogP contribution in [0, 0.1) is 5.82 Å². The number of rotatable bonds is 6. The number of carbonyl (C=O) groups is 1. The lowest BCUT2D eigenvalue weighted by Gasteiger charge is -2.16. The first-order valence-corrected chi connectivity index (χ1v) is 9.50. The number of carbonyl (C=O) groups excluding carboxylic acids is 1. The molecule has 0 N–H and O–H groups in total. The quantitative estimate of drug-likeness (QED) is 0.777. The number of Topliss-reactive ketones (excluding diaryl/α,β-unsaturated/α-hetero) is 1. The van der Waals surface area contributed by atoms with Crippen molar-refractivity contribution in [1.29, 1.82) is 0 Å². The van der Waals surface area contributed by atoms with Crippen LogP contribution in [0.15, 0.2) is 29.2 Å². The second-order valence-corrected chi connectivity index (χ2v) is 8.32. The maximum Gasteiger partial charge on any atom is 0.243 e. The predicted molar refractivity (Wildman–Crippen MR) is 90.2 cm³/mol. The smallest absolute Gasteiger partial charge is 0.243 e. The van der Waals surface area contributed by atoms with Crippen LogP contribution >= 0.6 is 0 Å². The summed E-state index contributed by atoms with van der Waals surface area (Å²) in [4.78, 5) is 12.4. The van der Waals surface area contributed by atoms with Gasteiger partial charge >= 0.3 is 0 Å². The Hall–Kier alpha value is -2.06. The molecule has 0 saturated carbocycles. The fraction of sp³-hybridized carbons (Fsp3) is 0.412. The van der Waals surface area contributed by atoms with E-state index in [2.05, 4.69) is 5.10 Å². The molecule has 6 nitrogen and oxygen atoms in total. The number of aryl methyl sites for hydroxylation is 2. The SMILES string of the molecule is CN(CC(=O)Cc1c2c(nn1C)CCC2)S(=O)(=O)c1ccc(F)cc1. The Bertz CT molecular complexity index is 904. The third-order valence-electron chi connectivity index (χ3n) is 4.48. The van der Waals surface area contributed by atoms with Crippen molar-refractivity contribution in [3.63, 3.8) is 0 Å². The van der Waals surface area contributed by atoms with Gasteiger partial charge in [0.05, 0.1) is 23.6 Å². The van der Waals surface area contributed by atoms with Crippen molar-refractivity contribution in [2.45, 2.75) is 30.6 Å². The molecular weight excluding hydrogens is 345 g/mol. The van der Waals surface area contributed by atoms with Crippen LogP contribution in [-0.4, -0.2) is 41.9 Å². The van der Waals surface area contributed by atoms with Crippen molar-refractivity contribution < 1.29 is 17.6 Å². The van der Waals surface area contributed by atoms with Crippen LogP contribution in [0.1, 0.15) is 23.4 Å². The lowest BCUT2D eigenvalue weighted by Crippen LogP contribution is -2.33. The zero-order chi connectivity index (χ0) is 18.2. The average Bonchev–Trinajstić information content (AvgIpc) is 3.10. The molecule has 0 aliphatic heterocycles. The summed E-state index contributed by atoms with van der Waals surface area (Å²) in [7, 11) is -0.671. The number of sulfonamides is 1. The van der Waals surface area contributed by atoms with Gasteiger partial charge in [0.25, 0.3) is 0 Å². The van der Waals surface area contributed by atoms with Crippen molar-refractivity contribution >= 4 is 15.8 Å². The van der Waals surface area contributed by atoms with E-state index in [9.17, 15) is 17.6 Å². The Morgan fingerprint density at radius 2 is 1.96 bits per heavy atom. The van der Waals surface area contributed by atoms with Gasteiger partial charge in [-0.05, 0) is 49.1 Å². The van der Waals surface area contributed by atoms with Crippen LogP contribution in [0.4, 0.5) is 4.39 Å². The molecule has 8 heteroatoms. The maximum absolute atomic E-state index is 13.0. The maximum atomic E-state index is 13.0. The van der Waals surface area contributed by atoms with Crippen LogP contribution in [0.25, 0.3) is 0 Å². The summed E-state index contributed by atoms with van der Waals surface area (Å²) in [6.07, 6.45) is 3.03. The average molecular weight is 365 g/mol. The largest absolute Gasteiger partial charge is 0.298 e. The number of ketones is 1. The molecule has 0 fully saturated rings. The molecule has 1 heterocycles. The molecule has 0 radical (unpaired) electrons. The van der Waals surface area contributed by atoms with Crippen LogP contribution in [0.2, 0.25) is 0 Å². The van der Waals surface area contributed by atoms with Crippen LogP contribution < -0.4 is 0 Å². The summed E-state index contributed by atoms with van der Waals surface area (Å²) in [6.45, 7) is -0.236. The number of fused-ring (bicyclic) bond motifs is 1. The van der Waals surface area contributed by atoms with Gasteiger partial charge in [-0.2, -0.15) is 9.40 Å². The molecule has 0 unspecified atom stereocenters. The number of benzene rings is 1. The minimum absolute atomic E-state index is 0.0365. The van der Waals surface area contributed by atoms with Gasteiger partial charge in [0.1, 0.15) is 5.82 Å². The Balaban J connectivity index is 1.71. The van der Waals surface area contributed by atoms with Crippen molar-refractivity contribution in [3.8, 4) is 0 Å². The van der Waals surface area contributed by atoms with Crippen molar-refractivity contribution in [2.75, 3.05) is 13.6 Å². The van der Waals surface area contributed by atoms with Gasteiger partial charge in [-0.3, -0.25) is 9.48 Å². The number of hydrogen-bond donors (Lipinski definition) is 0. The Kier molecular flexibility index (Phi) is 4.75. The summed E-state index contributed by atoms with van der Waals surface area (Å²) in [6, 6.07) is 4.56. The molecule has 3 rings (SSSR count). The summed E-state index contributed by atoms with van der Waals surface area (Å²) in [5, 5.41) is 4.43. The third-order valence-corrected chi connectivity index (χ3v) is 6.30. The Morgan fingerprint density at radius 3 is 2.64 bits per heavy atom. The van der Waals surface area contributed by atoms with E-state index in [4.69, 9.17) is 0 Å². The van der Waals surface area contributed by atoms with Crippen molar-refractivity contribution in [1.82, 2.24) is 14.1 Å². The van der Waals surface area contributed by atoms with Gasteiger partial charge in [-0.1, -0.05) is 0 Å². The summed E-state index contributed by atoms with van der Waals surface area (Å²) in [5.41, 5.74) is 3.03. The van der Waals surface area contributed by atoms with E-state index in [1.807, 2.05) is 0 Å². The molecule has 134 valence electrons. The molecule has 0 spiro atoms. The molecular formula is C17H20FN3O3S. The van der Waals surface area contributed by atoms with E-state index in [0.29, 0.717) is 0 Å². The fourth-order valence-corrected chi connectivity index (χ4v) is 4.32. The number of aromatic nitrogens is 2. The third kappa shape index (κ3) is 3.50. The monoisotopic (exact) mass is 365 g/mol. The van der Waals surface area contributed by atoms with E-state index in [0.717, 1.165) is 52.7 Å². The molecule has 2 aromatic rings. The molecule has 0 saturated heterocycles. The zero-order valence-electron chi connectivity index (χ0n) is 14.2. The highest BCUT2D eigenvalue weighted by Gasteiger charge is 2.26. The van der Waals surface area contributed by atoms with E-state index in [1.54, 1.807) is 11.7 Å². The Morgan fingerprint density at radius 1 is 1.28 bits per heavy atom. The predicted octanol–water partition coefficient (Wildman–Crippen LogP) is 1.48. The zero-order valence-corrected chi connectivity index (χ0v) is 15.0. The number of hydrogen-bond acceptors (Lipinski definition) is 4. The van der Waals surface area contributed by atoms with Gasteiger partial charge in [-0.15, -0.1) is 0 Å². The first kappa shape index (κ1) is 17.8. The first-order chi connectivity index (χ1) is 11.8. The van der Waals surface area contributed by atoms with E-state index in [1.165, 1.54) is 19.2 Å². The molecule has 0 bridgehead atoms. The molecule has 1 aromatic carbocycles. The number of likely N-dealkylation sites (N-methyl/N-ethyl adjacent to an activating group) is 1. The van der Waals surface area contributed by atoms with Crippen molar-refractivity contribution in [2.24, 2.45) is 7.05 Å². The fourth-order valence-electron chi connectivity index (χ4n) is 3.17. The van der Waals surface area contributed by atoms with E-state index in [-0.39, 0.29) is 23.6 Å². The molecule has 0 amide bonds. The van der Waals surface area contributed by atoms with Gasteiger partial charge in [-0.25, -0.2) is 12.8 Å². The molecule has 0 atom stereocenters. The lowest BCUT2D eigenvalue weighted by molar-refractivity contribution is -0.118. The standard InChI is InChI=1S/C17H20FN3O3S/c1-20(25(23,24)14-8-6-12(18)7-9-14)11-13(22)10-17-15-4-3-5-16(15)19-21(17)2/h6-9H,3-5,10-11H2,1-2H3. The molecule has 25 heavy (non-hydrogen) atoms. The first-order valence-electron chi connectivity index (χ1n) is 8.06.